The molecule has 18 heavy (non-hydrogen) atoms. The minimum Gasteiger partial charge on any atom is -0.320 e. The Hall–Kier alpha value is -1.46. The van der Waals surface area contributed by atoms with Crippen molar-refractivity contribution in [3.05, 3.63) is 23.8 Å². The van der Waals surface area contributed by atoms with Crippen molar-refractivity contribution in [2.24, 2.45) is 5.73 Å². The third-order valence-corrected chi connectivity index (χ3v) is 3.64. The van der Waals surface area contributed by atoms with Gasteiger partial charge in [-0.15, -0.1) is 0 Å². The molecule has 5 heteroatoms. The Morgan fingerprint density at radius 1 is 1.56 bits per heavy atom. The molecule has 0 radical (unpaired) electrons. The van der Waals surface area contributed by atoms with Crippen molar-refractivity contribution in [2.75, 3.05) is 5.32 Å². The van der Waals surface area contributed by atoms with E-state index in [0.29, 0.717) is 11.6 Å². The maximum Gasteiger partial charge on any atom is 0.243 e. The highest BCUT2D eigenvalue weighted by Crippen LogP contribution is 2.26. The Labute approximate surface area is 110 Å². The number of nitrogens with two attached hydrogens (primary N) is 1. The lowest BCUT2D eigenvalue weighted by molar-refractivity contribution is -0.117. The van der Waals surface area contributed by atoms with Gasteiger partial charge < -0.3 is 11.1 Å². The molecule has 2 rings (SSSR count). The Bertz CT molecular complexity index is 564. The number of rotatable bonds is 4. The van der Waals surface area contributed by atoms with Crippen molar-refractivity contribution in [1.29, 1.82) is 0 Å². The fourth-order valence-electron chi connectivity index (χ4n) is 1.73. The lowest BCUT2D eigenvalue weighted by Crippen LogP contribution is -2.35. The van der Waals surface area contributed by atoms with E-state index in [-0.39, 0.29) is 5.91 Å². The number of hydrogen-bond donors (Lipinski definition) is 2. The van der Waals surface area contributed by atoms with Crippen molar-refractivity contribution in [3.63, 3.8) is 0 Å². The average Bonchev–Trinajstić information content (AvgIpc) is 2.70. The van der Waals surface area contributed by atoms with E-state index >= 15 is 0 Å². The molecule has 1 aromatic carbocycles. The van der Waals surface area contributed by atoms with Crippen molar-refractivity contribution in [3.8, 4) is 0 Å². The van der Waals surface area contributed by atoms with E-state index in [2.05, 4.69) is 16.4 Å². The van der Waals surface area contributed by atoms with Crippen molar-refractivity contribution in [1.82, 2.24) is 4.98 Å². The molecule has 1 atom stereocenters. The number of thiazole rings is 1. The quantitative estimate of drug-likeness (QED) is 0.891. The number of carbonyl (C=O) groups excluding carboxylic acids is 1. The minimum atomic E-state index is -0.455. The lowest BCUT2D eigenvalue weighted by Gasteiger charge is -2.08. The summed E-state index contributed by atoms with van der Waals surface area (Å²) in [6, 6.07) is 5.58. The predicted octanol–water partition coefficient (Wildman–Crippen LogP) is 2.67. The third kappa shape index (κ3) is 2.86. The predicted molar refractivity (Wildman–Crippen MR) is 75.9 cm³/mol. The normalized spacial score (nSPS) is 12.6. The van der Waals surface area contributed by atoms with Gasteiger partial charge in [0.05, 0.1) is 16.3 Å². The van der Waals surface area contributed by atoms with Gasteiger partial charge in [0, 0.05) is 0 Å². The van der Waals surface area contributed by atoms with E-state index in [1.165, 1.54) is 16.9 Å². The number of benzene rings is 1. The summed E-state index contributed by atoms with van der Waals surface area (Å²) in [6.07, 6.45) is 1.59. The van der Waals surface area contributed by atoms with E-state index in [9.17, 15) is 4.79 Å². The highest BCUT2D eigenvalue weighted by atomic mass is 32.1. The first kappa shape index (κ1) is 13.0. The van der Waals surface area contributed by atoms with Gasteiger partial charge in [0.15, 0.2) is 5.13 Å². The van der Waals surface area contributed by atoms with Crippen LogP contribution in [0.25, 0.3) is 10.2 Å². The molecule has 1 amide bonds. The number of nitrogens with zero attached hydrogens (tertiary/aromatic N) is 1. The van der Waals surface area contributed by atoms with Crippen molar-refractivity contribution >= 4 is 32.6 Å². The van der Waals surface area contributed by atoms with E-state index in [1.54, 1.807) is 0 Å². The van der Waals surface area contributed by atoms with Gasteiger partial charge in [0.1, 0.15) is 0 Å². The molecule has 0 saturated carbocycles. The summed E-state index contributed by atoms with van der Waals surface area (Å²) in [6.45, 7) is 4.04. The minimum absolute atomic E-state index is 0.160. The molecule has 0 spiro atoms. The van der Waals surface area contributed by atoms with Crippen LogP contribution < -0.4 is 11.1 Å². The maximum atomic E-state index is 11.8. The first-order valence-corrected chi connectivity index (χ1v) is 6.85. The zero-order chi connectivity index (χ0) is 13.1. The molecule has 96 valence electrons. The van der Waals surface area contributed by atoms with Crippen LogP contribution in [0.2, 0.25) is 0 Å². The molecule has 2 aromatic rings. The summed E-state index contributed by atoms with van der Waals surface area (Å²) in [5.41, 5.74) is 7.85. The summed E-state index contributed by atoms with van der Waals surface area (Å²) in [7, 11) is 0. The Balaban J connectivity index is 2.14. The molecule has 0 saturated heterocycles. The van der Waals surface area contributed by atoms with Crippen LogP contribution in [-0.4, -0.2) is 16.9 Å². The number of amides is 1. The number of aromatic nitrogens is 1. The van der Waals surface area contributed by atoms with E-state index in [0.717, 1.165) is 16.6 Å². The monoisotopic (exact) mass is 263 g/mol. The van der Waals surface area contributed by atoms with Gasteiger partial charge in [-0.3, -0.25) is 4.79 Å². The molecule has 1 heterocycles. The van der Waals surface area contributed by atoms with Gasteiger partial charge in [-0.05, 0) is 31.0 Å². The van der Waals surface area contributed by atoms with Crippen LogP contribution >= 0.6 is 11.3 Å². The largest absolute Gasteiger partial charge is 0.320 e. The van der Waals surface area contributed by atoms with Gasteiger partial charge in [-0.25, -0.2) is 4.98 Å². The molecule has 0 bridgehead atoms. The van der Waals surface area contributed by atoms with Crippen LogP contribution in [0.15, 0.2) is 18.2 Å². The second kappa shape index (κ2) is 5.46. The fraction of sp³-hybridized carbons (Fsp3) is 0.385. The molecular formula is C13H17N3OS. The number of carbonyl (C=O) groups is 1. The van der Waals surface area contributed by atoms with Crippen molar-refractivity contribution < 1.29 is 4.79 Å². The Kier molecular flexibility index (Phi) is 3.93. The first-order chi connectivity index (χ1) is 8.60. The molecule has 0 unspecified atom stereocenters. The van der Waals surface area contributed by atoms with Crippen LogP contribution in [0.5, 0.6) is 0 Å². The van der Waals surface area contributed by atoms with Crippen LogP contribution in [0, 0.1) is 6.92 Å². The Morgan fingerprint density at radius 3 is 3.06 bits per heavy atom. The van der Waals surface area contributed by atoms with Crippen molar-refractivity contribution in [2.45, 2.75) is 32.7 Å². The Morgan fingerprint density at radius 2 is 2.33 bits per heavy atom. The summed E-state index contributed by atoms with van der Waals surface area (Å²) in [4.78, 5) is 16.1. The van der Waals surface area contributed by atoms with Gasteiger partial charge in [-0.2, -0.15) is 0 Å². The zero-order valence-electron chi connectivity index (χ0n) is 10.6. The van der Waals surface area contributed by atoms with Crippen LogP contribution in [-0.2, 0) is 4.79 Å². The third-order valence-electron chi connectivity index (χ3n) is 2.71. The summed E-state index contributed by atoms with van der Waals surface area (Å²) >= 11 is 1.48. The van der Waals surface area contributed by atoms with Crippen LogP contribution in [0.1, 0.15) is 25.3 Å². The fourth-order valence-corrected chi connectivity index (χ4v) is 2.69. The number of anilines is 1. The van der Waals surface area contributed by atoms with E-state index in [4.69, 9.17) is 5.73 Å². The average molecular weight is 263 g/mol. The van der Waals surface area contributed by atoms with E-state index < -0.39 is 6.04 Å². The van der Waals surface area contributed by atoms with Crippen LogP contribution in [0.3, 0.4) is 0 Å². The standard InChI is InChI=1S/C13H17N3OS/c1-3-4-9(14)12(17)16-13-15-10-6-5-8(2)7-11(10)18-13/h5-7,9H,3-4,14H2,1-2H3,(H,15,16,17)/t9-/m0/s1. The van der Waals surface area contributed by atoms with Crippen LogP contribution in [0.4, 0.5) is 5.13 Å². The topological polar surface area (TPSA) is 68.0 Å². The van der Waals surface area contributed by atoms with E-state index in [1.807, 2.05) is 26.0 Å². The summed E-state index contributed by atoms with van der Waals surface area (Å²) < 4.78 is 1.08. The smallest absolute Gasteiger partial charge is 0.243 e. The number of hydrogen-bond acceptors (Lipinski definition) is 4. The molecule has 4 nitrogen and oxygen atoms in total. The zero-order valence-corrected chi connectivity index (χ0v) is 11.4. The number of fused-ring (bicyclic) bond motifs is 1. The number of aryl methyl sites for hydroxylation is 1. The second-order valence-electron chi connectivity index (χ2n) is 4.37. The summed E-state index contributed by atoms with van der Waals surface area (Å²) in [5.74, 6) is -0.160. The highest BCUT2D eigenvalue weighted by molar-refractivity contribution is 7.22. The van der Waals surface area contributed by atoms with Gasteiger partial charge in [0.2, 0.25) is 5.91 Å². The summed E-state index contributed by atoms with van der Waals surface area (Å²) in [5, 5.41) is 3.40. The molecule has 3 N–H and O–H groups in total. The highest BCUT2D eigenvalue weighted by Gasteiger charge is 2.14. The molecule has 1 aromatic heterocycles. The molecule has 0 aliphatic rings. The molecule has 0 aliphatic heterocycles. The number of nitrogens with one attached hydrogen (secondary N) is 1. The molecule has 0 aliphatic carbocycles. The second-order valence-corrected chi connectivity index (χ2v) is 5.41. The molecular weight excluding hydrogens is 246 g/mol. The molecule has 0 fully saturated rings. The lowest BCUT2D eigenvalue weighted by atomic mass is 10.2. The van der Waals surface area contributed by atoms with Gasteiger partial charge >= 0.3 is 0 Å². The van der Waals surface area contributed by atoms with Gasteiger partial charge in [-0.1, -0.05) is 30.7 Å². The SMILES string of the molecule is CCC[C@H](N)C(=O)Nc1nc2ccc(C)cc2s1. The maximum absolute atomic E-state index is 11.8. The first-order valence-electron chi connectivity index (χ1n) is 6.03. The van der Waals surface area contributed by atoms with Gasteiger partial charge in [0.25, 0.3) is 0 Å².